The van der Waals surface area contributed by atoms with Crippen molar-refractivity contribution in [3.63, 3.8) is 0 Å². The van der Waals surface area contributed by atoms with Crippen molar-refractivity contribution < 1.29 is 18.0 Å². The van der Waals surface area contributed by atoms with Crippen molar-refractivity contribution in [1.29, 1.82) is 0 Å². The summed E-state index contributed by atoms with van der Waals surface area (Å²) < 4.78 is 37.9. The molecule has 0 saturated heterocycles. The van der Waals surface area contributed by atoms with Crippen LogP contribution in [0.1, 0.15) is 16.1 Å². The first kappa shape index (κ1) is 11.8. The summed E-state index contributed by atoms with van der Waals surface area (Å²) in [6, 6.07) is 1.15. The van der Waals surface area contributed by atoms with Crippen LogP contribution in [0.25, 0.3) is 0 Å². The molecule has 0 bridgehead atoms. The molecule has 2 aromatic heterocycles. The Kier molecular flexibility index (Phi) is 3.01. The molecule has 17 heavy (non-hydrogen) atoms. The molecule has 0 amide bonds. The Bertz CT molecular complexity index is 516. The van der Waals surface area contributed by atoms with Gasteiger partial charge in [-0.05, 0) is 6.07 Å². The lowest BCUT2D eigenvalue weighted by Crippen LogP contribution is -2.22. The van der Waals surface area contributed by atoms with E-state index in [4.69, 9.17) is 0 Å². The molecule has 0 atom stereocenters. The van der Waals surface area contributed by atoms with Crippen LogP contribution in [0.3, 0.4) is 0 Å². The normalized spacial score (nSPS) is 11.7. The zero-order valence-electron chi connectivity index (χ0n) is 8.44. The molecule has 2 aromatic rings. The Morgan fingerprint density at radius 1 is 1.47 bits per heavy atom. The van der Waals surface area contributed by atoms with E-state index < -0.39 is 12.0 Å². The van der Waals surface area contributed by atoms with Crippen LogP contribution >= 0.6 is 11.3 Å². The summed E-state index contributed by atoms with van der Waals surface area (Å²) in [5.41, 5.74) is 2.03. The van der Waals surface area contributed by atoms with Crippen molar-refractivity contribution in [1.82, 2.24) is 9.55 Å². The summed E-state index contributed by atoms with van der Waals surface area (Å²) in [7, 11) is 0. The second-order valence-corrected chi connectivity index (χ2v) is 4.10. The van der Waals surface area contributed by atoms with Gasteiger partial charge >= 0.3 is 6.18 Å². The number of carbonyl (C=O) groups excluding carboxylic acids is 1. The molecule has 90 valence electrons. The molecule has 0 fully saturated rings. The minimum absolute atomic E-state index is 0.354. The number of hydrogen-bond donors (Lipinski definition) is 0. The predicted octanol–water partition coefficient (Wildman–Crippen LogP) is 2.74. The summed E-state index contributed by atoms with van der Waals surface area (Å²) in [6.07, 6.45) is -2.22. The highest BCUT2D eigenvalue weighted by molar-refractivity contribution is 7.07. The maximum Gasteiger partial charge on any atom is 0.454 e. The maximum atomic E-state index is 12.2. The number of thiazole rings is 1. The smallest absolute Gasteiger partial charge is 0.348 e. The molecule has 0 aliphatic carbocycles. The molecular formula is C10H7F3N2OS. The largest absolute Gasteiger partial charge is 0.454 e. The lowest BCUT2D eigenvalue weighted by atomic mass is 10.2. The van der Waals surface area contributed by atoms with Crippen molar-refractivity contribution in [3.05, 3.63) is 40.6 Å². The fraction of sp³-hybridized carbons (Fsp3) is 0.200. The summed E-state index contributed by atoms with van der Waals surface area (Å²) in [5, 5.41) is 1.80. The topological polar surface area (TPSA) is 34.9 Å². The van der Waals surface area contributed by atoms with Gasteiger partial charge in [-0.15, -0.1) is 11.3 Å². The van der Waals surface area contributed by atoms with Crippen molar-refractivity contribution >= 4 is 17.1 Å². The summed E-state index contributed by atoms with van der Waals surface area (Å²) >= 11 is 1.40. The van der Waals surface area contributed by atoms with E-state index in [2.05, 4.69) is 4.98 Å². The SMILES string of the molecule is O=C(c1ccn(Cc2cscn2)c1)C(F)(F)F. The third kappa shape index (κ3) is 2.73. The number of aromatic nitrogens is 2. The molecule has 3 nitrogen and oxygen atoms in total. The molecule has 0 spiro atoms. The number of halogens is 3. The fourth-order valence-corrected chi connectivity index (χ4v) is 1.89. The molecule has 0 saturated carbocycles. The molecule has 0 unspecified atom stereocenters. The van der Waals surface area contributed by atoms with Gasteiger partial charge in [-0.2, -0.15) is 13.2 Å². The van der Waals surface area contributed by atoms with Gasteiger partial charge < -0.3 is 4.57 Å². The zero-order valence-corrected chi connectivity index (χ0v) is 9.26. The molecule has 0 radical (unpaired) electrons. The van der Waals surface area contributed by atoms with E-state index in [0.717, 1.165) is 11.8 Å². The maximum absolute atomic E-state index is 12.2. The highest BCUT2D eigenvalue weighted by Gasteiger charge is 2.39. The molecule has 0 aromatic carbocycles. The first-order valence-corrected chi connectivity index (χ1v) is 5.55. The van der Waals surface area contributed by atoms with E-state index in [1.807, 2.05) is 0 Å². The van der Waals surface area contributed by atoms with E-state index in [0.29, 0.717) is 6.54 Å². The first-order chi connectivity index (χ1) is 7.97. The van der Waals surface area contributed by atoms with Gasteiger partial charge in [-0.3, -0.25) is 4.79 Å². The van der Waals surface area contributed by atoms with E-state index in [1.54, 1.807) is 10.9 Å². The van der Waals surface area contributed by atoms with Crippen molar-refractivity contribution in [2.45, 2.75) is 12.7 Å². The van der Waals surface area contributed by atoms with E-state index in [9.17, 15) is 18.0 Å². The minimum Gasteiger partial charge on any atom is -0.348 e. The lowest BCUT2D eigenvalue weighted by molar-refractivity contribution is -0.0885. The molecule has 2 heterocycles. The average Bonchev–Trinajstić information content (AvgIpc) is 2.87. The zero-order chi connectivity index (χ0) is 12.5. The van der Waals surface area contributed by atoms with Crippen LogP contribution < -0.4 is 0 Å². The molecule has 0 N–H and O–H groups in total. The Labute approximate surface area is 98.5 Å². The fourth-order valence-electron chi connectivity index (χ4n) is 1.34. The predicted molar refractivity (Wildman–Crippen MR) is 56.0 cm³/mol. The quantitative estimate of drug-likeness (QED) is 0.795. The number of nitrogens with zero attached hydrogens (tertiary/aromatic N) is 2. The summed E-state index contributed by atoms with van der Waals surface area (Å²) in [4.78, 5) is 14.9. The molecule has 2 rings (SSSR count). The third-order valence-electron chi connectivity index (χ3n) is 2.10. The van der Waals surface area contributed by atoms with Gasteiger partial charge in [0.2, 0.25) is 0 Å². The van der Waals surface area contributed by atoms with Gasteiger partial charge in [0.25, 0.3) is 5.78 Å². The average molecular weight is 260 g/mol. The van der Waals surface area contributed by atoms with E-state index >= 15 is 0 Å². The molecule has 0 aliphatic rings. The monoisotopic (exact) mass is 260 g/mol. The Morgan fingerprint density at radius 2 is 2.24 bits per heavy atom. The van der Waals surface area contributed by atoms with Gasteiger partial charge in [0.15, 0.2) is 0 Å². The highest BCUT2D eigenvalue weighted by Crippen LogP contribution is 2.21. The Balaban J connectivity index is 2.14. The van der Waals surface area contributed by atoms with Crippen LogP contribution in [-0.4, -0.2) is 21.5 Å². The Hall–Kier alpha value is -1.63. The molecular weight excluding hydrogens is 253 g/mol. The van der Waals surface area contributed by atoms with Crippen LogP contribution in [-0.2, 0) is 6.54 Å². The number of Topliss-reactive ketones (excluding diaryl/α,β-unsaturated/α-hetero) is 1. The third-order valence-corrected chi connectivity index (χ3v) is 2.73. The van der Waals surface area contributed by atoms with Crippen molar-refractivity contribution in [2.75, 3.05) is 0 Å². The first-order valence-electron chi connectivity index (χ1n) is 4.61. The molecule has 0 aliphatic heterocycles. The van der Waals surface area contributed by atoms with Gasteiger partial charge in [-0.25, -0.2) is 4.98 Å². The van der Waals surface area contributed by atoms with E-state index in [1.165, 1.54) is 28.3 Å². The van der Waals surface area contributed by atoms with Gasteiger partial charge in [0.1, 0.15) is 0 Å². The minimum atomic E-state index is -4.83. The molecule has 7 heteroatoms. The second kappa shape index (κ2) is 4.33. The van der Waals surface area contributed by atoms with Crippen LogP contribution in [0.5, 0.6) is 0 Å². The number of hydrogen-bond acceptors (Lipinski definition) is 3. The standard InChI is InChI=1S/C10H7F3N2OS/c11-10(12,13)9(16)7-1-2-15(3-7)4-8-5-17-6-14-8/h1-3,5-6H,4H2. The number of alkyl halides is 3. The second-order valence-electron chi connectivity index (χ2n) is 3.38. The number of ketones is 1. The number of rotatable bonds is 3. The van der Waals surface area contributed by atoms with Crippen LogP contribution in [0.15, 0.2) is 29.4 Å². The summed E-state index contributed by atoms with van der Waals surface area (Å²) in [5.74, 6) is -1.82. The van der Waals surface area contributed by atoms with Crippen molar-refractivity contribution in [3.8, 4) is 0 Å². The van der Waals surface area contributed by atoms with Crippen LogP contribution in [0.4, 0.5) is 13.2 Å². The van der Waals surface area contributed by atoms with E-state index in [-0.39, 0.29) is 5.56 Å². The van der Waals surface area contributed by atoms with Crippen LogP contribution in [0, 0.1) is 0 Å². The number of carbonyl (C=O) groups is 1. The van der Waals surface area contributed by atoms with Gasteiger partial charge in [-0.1, -0.05) is 0 Å². The van der Waals surface area contributed by atoms with Crippen molar-refractivity contribution in [2.24, 2.45) is 0 Å². The van der Waals surface area contributed by atoms with Crippen LogP contribution in [0.2, 0.25) is 0 Å². The summed E-state index contributed by atoms with van der Waals surface area (Å²) in [6.45, 7) is 0.356. The Morgan fingerprint density at radius 3 is 2.82 bits per heavy atom. The lowest BCUT2D eigenvalue weighted by Gasteiger charge is -2.02. The van der Waals surface area contributed by atoms with Gasteiger partial charge in [0, 0.05) is 23.3 Å². The van der Waals surface area contributed by atoms with Gasteiger partial charge in [0.05, 0.1) is 17.7 Å². The highest BCUT2D eigenvalue weighted by atomic mass is 32.1.